The van der Waals surface area contributed by atoms with Gasteiger partial charge in [-0.05, 0) is 40.2 Å². The molecule has 0 N–H and O–H groups in total. The van der Waals surface area contributed by atoms with Crippen molar-refractivity contribution in [2.24, 2.45) is 0 Å². The van der Waals surface area contributed by atoms with Crippen LogP contribution in [0.4, 0.5) is 4.79 Å². The molecule has 0 bridgehead atoms. The van der Waals surface area contributed by atoms with Gasteiger partial charge in [0.2, 0.25) is 0 Å². The van der Waals surface area contributed by atoms with Crippen LogP contribution in [-0.4, -0.2) is 46.7 Å². The summed E-state index contributed by atoms with van der Waals surface area (Å²) in [6.07, 6.45) is 3.54. The van der Waals surface area contributed by atoms with E-state index in [1.165, 1.54) is 5.56 Å². The molecule has 4 heteroatoms. The lowest BCUT2D eigenvalue weighted by atomic mass is 9.87. The molecule has 2 atom stereocenters. The van der Waals surface area contributed by atoms with Gasteiger partial charge in [0.1, 0.15) is 5.60 Å². The van der Waals surface area contributed by atoms with Gasteiger partial charge in [-0.15, -0.1) is 13.2 Å². The van der Waals surface area contributed by atoms with Gasteiger partial charge >= 0.3 is 6.09 Å². The molecule has 1 heterocycles. The lowest BCUT2D eigenvalue weighted by Crippen LogP contribution is -2.63. The number of hydrogen-bond donors (Lipinski definition) is 0. The van der Waals surface area contributed by atoms with Crippen molar-refractivity contribution < 1.29 is 9.53 Å². The van der Waals surface area contributed by atoms with Gasteiger partial charge < -0.3 is 9.64 Å². The van der Waals surface area contributed by atoms with E-state index in [2.05, 4.69) is 56.2 Å². The fourth-order valence-corrected chi connectivity index (χ4v) is 3.62. The Morgan fingerprint density at radius 2 is 1.54 bits per heavy atom. The standard InChI is InChI=1S/C22H32N2O2/c1-8-18-15-23(20(25)26-21(3,4)5)16-19(9-2)24(18)22(6,7)17-13-11-10-12-14-17/h8-14,18-19H,1-2,15-16H2,3-7H3. The topological polar surface area (TPSA) is 32.8 Å². The van der Waals surface area contributed by atoms with Gasteiger partial charge in [-0.3, -0.25) is 4.90 Å². The number of nitrogens with zero attached hydrogens (tertiary/aromatic N) is 2. The van der Waals surface area contributed by atoms with Crippen LogP contribution in [0, 0.1) is 0 Å². The first-order chi connectivity index (χ1) is 12.1. The Morgan fingerprint density at radius 1 is 1.04 bits per heavy atom. The summed E-state index contributed by atoms with van der Waals surface area (Å²) in [5, 5.41) is 0. The number of amides is 1. The second-order valence-electron chi connectivity index (χ2n) is 8.32. The molecule has 0 radical (unpaired) electrons. The predicted molar refractivity (Wildman–Crippen MR) is 107 cm³/mol. The van der Waals surface area contributed by atoms with Gasteiger partial charge in [0.05, 0.1) is 0 Å². The third-order valence-electron chi connectivity index (χ3n) is 4.85. The number of piperazine rings is 1. The van der Waals surface area contributed by atoms with Crippen LogP contribution < -0.4 is 0 Å². The molecule has 1 aromatic rings. The fraction of sp³-hybridized carbons (Fsp3) is 0.500. The molecule has 0 saturated carbocycles. The number of ether oxygens (including phenoxy) is 1. The number of carbonyl (C=O) groups is 1. The minimum Gasteiger partial charge on any atom is -0.444 e. The first kappa shape index (κ1) is 20.2. The van der Waals surface area contributed by atoms with Crippen LogP contribution in [0.25, 0.3) is 0 Å². The Bertz CT molecular complexity index is 628. The van der Waals surface area contributed by atoms with E-state index in [9.17, 15) is 4.79 Å². The highest BCUT2D eigenvalue weighted by Crippen LogP contribution is 2.35. The fourth-order valence-electron chi connectivity index (χ4n) is 3.62. The molecule has 1 aliphatic heterocycles. The summed E-state index contributed by atoms with van der Waals surface area (Å²) in [5.74, 6) is 0. The van der Waals surface area contributed by atoms with E-state index in [4.69, 9.17) is 4.74 Å². The molecule has 0 spiro atoms. The second kappa shape index (κ2) is 7.67. The van der Waals surface area contributed by atoms with E-state index >= 15 is 0 Å². The van der Waals surface area contributed by atoms with E-state index < -0.39 is 5.60 Å². The van der Waals surface area contributed by atoms with E-state index in [1.807, 2.05) is 39.0 Å². The molecule has 2 rings (SSSR count). The summed E-state index contributed by atoms with van der Waals surface area (Å²) >= 11 is 0. The Morgan fingerprint density at radius 3 is 1.96 bits per heavy atom. The SMILES string of the molecule is C=CC1CN(C(=O)OC(C)(C)C)CC(C=C)N1C(C)(C)c1ccccc1. The van der Waals surface area contributed by atoms with E-state index in [-0.39, 0.29) is 23.7 Å². The molecule has 1 aliphatic rings. The number of benzene rings is 1. The predicted octanol–water partition coefficient (Wildman–Crippen LogP) is 4.58. The van der Waals surface area contributed by atoms with Crippen LogP contribution in [0.5, 0.6) is 0 Å². The zero-order chi connectivity index (χ0) is 19.5. The highest BCUT2D eigenvalue weighted by molar-refractivity contribution is 5.68. The average molecular weight is 357 g/mol. The molecule has 4 nitrogen and oxygen atoms in total. The average Bonchev–Trinajstić information content (AvgIpc) is 2.59. The largest absolute Gasteiger partial charge is 0.444 e. The molecule has 26 heavy (non-hydrogen) atoms. The van der Waals surface area contributed by atoms with Gasteiger partial charge in [0.15, 0.2) is 0 Å². The summed E-state index contributed by atoms with van der Waals surface area (Å²) in [4.78, 5) is 16.7. The molecule has 1 amide bonds. The first-order valence-corrected chi connectivity index (χ1v) is 9.17. The van der Waals surface area contributed by atoms with Crippen LogP contribution in [0.2, 0.25) is 0 Å². The van der Waals surface area contributed by atoms with Crippen molar-refractivity contribution in [3.63, 3.8) is 0 Å². The zero-order valence-electron chi connectivity index (χ0n) is 16.7. The van der Waals surface area contributed by atoms with Crippen molar-refractivity contribution >= 4 is 6.09 Å². The summed E-state index contributed by atoms with van der Waals surface area (Å²) in [5.41, 5.74) is 0.494. The molecular formula is C22H32N2O2. The molecular weight excluding hydrogens is 324 g/mol. The van der Waals surface area contributed by atoms with E-state index in [0.717, 1.165) is 0 Å². The van der Waals surface area contributed by atoms with Crippen molar-refractivity contribution in [2.45, 2.75) is 57.8 Å². The molecule has 0 aliphatic carbocycles. The van der Waals surface area contributed by atoms with Crippen LogP contribution in [0.3, 0.4) is 0 Å². The number of rotatable bonds is 4. The highest BCUT2D eigenvalue weighted by Gasteiger charge is 2.43. The van der Waals surface area contributed by atoms with E-state index in [0.29, 0.717) is 13.1 Å². The monoisotopic (exact) mass is 356 g/mol. The summed E-state index contributed by atoms with van der Waals surface area (Å²) in [6.45, 7) is 19.2. The van der Waals surface area contributed by atoms with E-state index in [1.54, 1.807) is 4.90 Å². The molecule has 2 unspecified atom stereocenters. The van der Waals surface area contributed by atoms with Crippen LogP contribution in [-0.2, 0) is 10.3 Å². The summed E-state index contributed by atoms with van der Waals surface area (Å²) in [6, 6.07) is 10.4. The number of carbonyl (C=O) groups excluding carboxylic acids is 1. The Hall–Kier alpha value is -2.07. The Balaban J connectivity index is 2.30. The van der Waals surface area contributed by atoms with Crippen molar-refractivity contribution in [1.29, 1.82) is 0 Å². The van der Waals surface area contributed by atoms with Crippen molar-refractivity contribution in [2.75, 3.05) is 13.1 Å². The molecule has 1 saturated heterocycles. The zero-order valence-corrected chi connectivity index (χ0v) is 16.7. The molecule has 142 valence electrons. The maximum atomic E-state index is 12.6. The Labute approximate surface area is 158 Å². The van der Waals surface area contributed by atoms with Crippen molar-refractivity contribution in [3.8, 4) is 0 Å². The summed E-state index contributed by atoms with van der Waals surface area (Å²) in [7, 11) is 0. The Kier molecular flexibility index (Phi) is 5.97. The van der Waals surface area contributed by atoms with Gasteiger partial charge in [-0.2, -0.15) is 0 Å². The third-order valence-corrected chi connectivity index (χ3v) is 4.85. The van der Waals surface area contributed by atoms with Gasteiger partial charge in [-0.25, -0.2) is 4.79 Å². The smallest absolute Gasteiger partial charge is 0.410 e. The lowest BCUT2D eigenvalue weighted by Gasteiger charge is -2.52. The van der Waals surface area contributed by atoms with Crippen LogP contribution in [0.1, 0.15) is 40.2 Å². The van der Waals surface area contributed by atoms with Crippen LogP contribution in [0.15, 0.2) is 55.6 Å². The van der Waals surface area contributed by atoms with Crippen molar-refractivity contribution in [3.05, 3.63) is 61.2 Å². The van der Waals surface area contributed by atoms with Gasteiger partial charge in [-0.1, -0.05) is 42.5 Å². The minimum atomic E-state index is -0.509. The van der Waals surface area contributed by atoms with Gasteiger partial charge in [0, 0.05) is 30.7 Å². The third kappa shape index (κ3) is 4.36. The van der Waals surface area contributed by atoms with Gasteiger partial charge in [0.25, 0.3) is 0 Å². The first-order valence-electron chi connectivity index (χ1n) is 9.17. The maximum Gasteiger partial charge on any atom is 0.410 e. The highest BCUT2D eigenvalue weighted by atomic mass is 16.6. The second-order valence-corrected chi connectivity index (χ2v) is 8.32. The minimum absolute atomic E-state index is 0.00877. The molecule has 0 aromatic heterocycles. The maximum absolute atomic E-state index is 12.6. The lowest BCUT2D eigenvalue weighted by molar-refractivity contribution is -0.0288. The molecule has 1 aromatic carbocycles. The normalized spacial score (nSPS) is 22.0. The molecule has 1 fully saturated rings. The van der Waals surface area contributed by atoms with Crippen LogP contribution >= 0.6 is 0 Å². The summed E-state index contributed by atoms with van der Waals surface area (Å²) < 4.78 is 5.57. The van der Waals surface area contributed by atoms with Crippen molar-refractivity contribution in [1.82, 2.24) is 9.80 Å². The quantitative estimate of drug-likeness (QED) is 0.740. The number of hydrogen-bond acceptors (Lipinski definition) is 3.